The molecule has 1 aliphatic heterocycles. The van der Waals surface area contributed by atoms with E-state index < -0.39 is 5.97 Å². The van der Waals surface area contributed by atoms with Crippen molar-refractivity contribution in [2.45, 2.75) is 59.7 Å². The monoisotopic (exact) mass is 432 g/mol. The first-order valence-electron chi connectivity index (χ1n) is 10.3. The van der Waals surface area contributed by atoms with Gasteiger partial charge in [0.1, 0.15) is 12.4 Å². The van der Waals surface area contributed by atoms with Crippen molar-refractivity contribution in [3.8, 4) is 5.75 Å². The predicted octanol–water partition coefficient (Wildman–Crippen LogP) is 3.99. The van der Waals surface area contributed by atoms with Gasteiger partial charge in [0.2, 0.25) is 0 Å². The minimum absolute atomic E-state index is 0.141. The van der Waals surface area contributed by atoms with Gasteiger partial charge in [-0.05, 0) is 46.1 Å². The zero-order valence-corrected chi connectivity index (χ0v) is 19.4. The van der Waals surface area contributed by atoms with E-state index in [9.17, 15) is 14.4 Å². The second-order valence-electron chi connectivity index (χ2n) is 8.06. The van der Waals surface area contributed by atoms with Crippen LogP contribution in [0, 0.1) is 6.92 Å². The van der Waals surface area contributed by atoms with Crippen molar-refractivity contribution in [1.29, 1.82) is 0 Å². The van der Waals surface area contributed by atoms with Crippen molar-refractivity contribution in [3.05, 3.63) is 33.9 Å². The van der Waals surface area contributed by atoms with Gasteiger partial charge in [0, 0.05) is 31.6 Å². The zero-order chi connectivity index (χ0) is 23.3. The number of hydrogen-bond donors (Lipinski definition) is 1. The normalized spacial score (nSPS) is 13.0. The Morgan fingerprint density at radius 1 is 1.26 bits per heavy atom. The van der Waals surface area contributed by atoms with E-state index in [-0.39, 0.29) is 31.1 Å². The summed E-state index contributed by atoms with van der Waals surface area (Å²) in [5.74, 6) is -0.0991. The predicted molar refractivity (Wildman–Crippen MR) is 117 cm³/mol. The van der Waals surface area contributed by atoms with Crippen LogP contribution in [0.2, 0.25) is 0 Å². The molecule has 1 aromatic carbocycles. The Kier molecular flexibility index (Phi) is 8.08. The summed E-state index contributed by atoms with van der Waals surface area (Å²) in [4.78, 5) is 38.1. The molecule has 0 fully saturated rings. The highest BCUT2D eigenvalue weighted by Crippen LogP contribution is 2.41. The van der Waals surface area contributed by atoms with Crippen LogP contribution in [0.5, 0.6) is 5.75 Å². The van der Waals surface area contributed by atoms with Crippen LogP contribution in [0.4, 0.5) is 10.5 Å². The Labute approximate surface area is 183 Å². The fraction of sp³-hybridized carbons (Fsp3) is 0.522. The van der Waals surface area contributed by atoms with Gasteiger partial charge in [-0.3, -0.25) is 4.79 Å². The van der Waals surface area contributed by atoms with Crippen LogP contribution in [-0.4, -0.2) is 50.2 Å². The van der Waals surface area contributed by atoms with E-state index in [1.54, 1.807) is 21.2 Å². The van der Waals surface area contributed by atoms with Crippen LogP contribution in [0.15, 0.2) is 11.6 Å². The molecule has 0 radical (unpaired) electrons. The Hall–Kier alpha value is -3.03. The van der Waals surface area contributed by atoms with Crippen molar-refractivity contribution >= 4 is 23.7 Å². The van der Waals surface area contributed by atoms with Crippen LogP contribution in [0.3, 0.4) is 0 Å². The SMILES string of the molecule is COc1c(C)c2c(c(NC(=O)N(C)C)c1C/C=C(\C)CCC(=O)OC(C)C)C(=O)OC2. The summed E-state index contributed by atoms with van der Waals surface area (Å²) in [5.41, 5.74) is 3.99. The molecule has 0 saturated carbocycles. The van der Waals surface area contributed by atoms with Gasteiger partial charge in [-0.25, -0.2) is 9.59 Å². The van der Waals surface area contributed by atoms with Gasteiger partial charge in [0.25, 0.3) is 0 Å². The lowest BCUT2D eigenvalue weighted by molar-refractivity contribution is -0.147. The van der Waals surface area contributed by atoms with Crippen LogP contribution in [0.25, 0.3) is 0 Å². The third-order valence-corrected chi connectivity index (χ3v) is 5.06. The number of amides is 2. The second kappa shape index (κ2) is 10.3. The highest BCUT2D eigenvalue weighted by atomic mass is 16.5. The Morgan fingerprint density at radius 3 is 2.52 bits per heavy atom. The number of rotatable bonds is 8. The largest absolute Gasteiger partial charge is 0.496 e. The van der Waals surface area contributed by atoms with Crippen molar-refractivity contribution in [2.75, 3.05) is 26.5 Å². The molecule has 1 aromatic rings. The molecule has 2 amide bonds. The molecule has 0 saturated heterocycles. The van der Waals surface area contributed by atoms with Crippen molar-refractivity contribution in [1.82, 2.24) is 4.90 Å². The van der Waals surface area contributed by atoms with Crippen molar-refractivity contribution in [2.24, 2.45) is 0 Å². The van der Waals surface area contributed by atoms with Crippen LogP contribution >= 0.6 is 0 Å². The Morgan fingerprint density at radius 2 is 1.94 bits per heavy atom. The summed E-state index contributed by atoms with van der Waals surface area (Å²) in [6.45, 7) is 7.59. The average molecular weight is 433 g/mol. The first-order chi connectivity index (χ1) is 14.6. The number of benzene rings is 1. The number of fused-ring (bicyclic) bond motifs is 1. The number of nitrogens with zero attached hydrogens (tertiary/aromatic N) is 1. The fourth-order valence-corrected chi connectivity index (χ4v) is 3.41. The molecular weight excluding hydrogens is 400 g/mol. The third-order valence-electron chi connectivity index (χ3n) is 5.06. The first-order valence-corrected chi connectivity index (χ1v) is 10.3. The van der Waals surface area contributed by atoms with E-state index in [1.165, 1.54) is 4.90 Å². The van der Waals surface area contributed by atoms with Crippen molar-refractivity contribution < 1.29 is 28.6 Å². The highest BCUT2D eigenvalue weighted by molar-refractivity contribution is 6.05. The number of esters is 2. The maximum absolute atomic E-state index is 12.5. The molecule has 0 aromatic heterocycles. The number of carbonyl (C=O) groups excluding carboxylic acids is 3. The van der Waals surface area contributed by atoms with E-state index in [2.05, 4.69) is 5.32 Å². The molecule has 0 aliphatic carbocycles. The molecular formula is C23H32N2O6. The lowest BCUT2D eigenvalue weighted by Gasteiger charge is -2.21. The summed E-state index contributed by atoms with van der Waals surface area (Å²) in [5, 5.41) is 2.84. The fourth-order valence-electron chi connectivity index (χ4n) is 3.41. The quantitative estimate of drug-likeness (QED) is 0.493. The number of hydrogen-bond acceptors (Lipinski definition) is 6. The molecule has 0 atom stereocenters. The number of carbonyl (C=O) groups is 3. The number of urea groups is 1. The molecule has 1 aliphatic rings. The number of ether oxygens (including phenoxy) is 3. The highest BCUT2D eigenvalue weighted by Gasteiger charge is 2.32. The van der Waals surface area contributed by atoms with Crippen LogP contribution < -0.4 is 10.1 Å². The summed E-state index contributed by atoms with van der Waals surface area (Å²) >= 11 is 0. The number of cyclic esters (lactones) is 1. The summed E-state index contributed by atoms with van der Waals surface area (Å²) < 4.78 is 16.1. The van der Waals surface area contributed by atoms with Gasteiger partial charge >= 0.3 is 18.0 Å². The van der Waals surface area contributed by atoms with Crippen LogP contribution in [0.1, 0.15) is 60.7 Å². The maximum atomic E-state index is 12.5. The van der Waals surface area contributed by atoms with Gasteiger partial charge in [-0.2, -0.15) is 0 Å². The number of allylic oxidation sites excluding steroid dienone is 2. The minimum atomic E-state index is -0.465. The van der Waals surface area contributed by atoms with Crippen LogP contribution in [-0.2, 0) is 27.3 Å². The molecule has 1 N–H and O–H groups in total. The average Bonchev–Trinajstić information content (AvgIpc) is 3.08. The first kappa shape index (κ1) is 24.2. The third kappa shape index (κ3) is 5.77. The lowest BCUT2D eigenvalue weighted by atomic mass is 9.93. The second-order valence-corrected chi connectivity index (χ2v) is 8.06. The lowest BCUT2D eigenvalue weighted by Crippen LogP contribution is -2.29. The molecule has 8 nitrogen and oxygen atoms in total. The number of anilines is 1. The molecule has 2 rings (SSSR count). The summed E-state index contributed by atoms with van der Waals surface area (Å²) in [6, 6.07) is -0.355. The van der Waals surface area contributed by atoms with E-state index in [1.807, 2.05) is 33.8 Å². The number of methoxy groups -OCH3 is 1. The van der Waals surface area contributed by atoms with E-state index in [0.29, 0.717) is 35.4 Å². The topological polar surface area (TPSA) is 94.2 Å². The van der Waals surface area contributed by atoms with E-state index in [0.717, 1.165) is 16.7 Å². The molecule has 8 heteroatoms. The molecule has 0 unspecified atom stereocenters. The molecule has 0 bridgehead atoms. The van der Waals surface area contributed by atoms with Gasteiger partial charge in [0.15, 0.2) is 0 Å². The maximum Gasteiger partial charge on any atom is 0.341 e. The molecule has 170 valence electrons. The smallest absolute Gasteiger partial charge is 0.341 e. The Bertz CT molecular complexity index is 902. The molecule has 0 spiro atoms. The minimum Gasteiger partial charge on any atom is -0.496 e. The van der Waals surface area contributed by atoms with Gasteiger partial charge in [0.05, 0.1) is 24.5 Å². The molecule has 31 heavy (non-hydrogen) atoms. The summed E-state index contributed by atoms with van der Waals surface area (Å²) in [7, 11) is 4.81. The summed E-state index contributed by atoms with van der Waals surface area (Å²) in [6.07, 6.45) is 3.09. The number of nitrogens with one attached hydrogen (secondary N) is 1. The van der Waals surface area contributed by atoms with Gasteiger partial charge in [-0.1, -0.05) is 11.6 Å². The van der Waals surface area contributed by atoms with E-state index in [4.69, 9.17) is 14.2 Å². The zero-order valence-electron chi connectivity index (χ0n) is 19.4. The standard InChI is InChI=1S/C23H32N2O6/c1-13(2)31-18(26)11-9-14(3)8-10-16-20(24-23(28)25(5)6)19-17(12-30-22(19)27)15(4)21(16)29-7/h8,13H,9-12H2,1-7H3,(H,24,28)/b14-8+. The van der Waals surface area contributed by atoms with Crippen molar-refractivity contribution in [3.63, 3.8) is 0 Å². The van der Waals surface area contributed by atoms with E-state index >= 15 is 0 Å². The molecule has 1 heterocycles. The Balaban J connectivity index is 2.39. The van der Waals surface area contributed by atoms with Gasteiger partial charge in [-0.15, -0.1) is 0 Å². The van der Waals surface area contributed by atoms with Gasteiger partial charge < -0.3 is 24.4 Å².